The lowest BCUT2D eigenvalue weighted by atomic mass is 9.83. The minimum absolute atomic E-state index is 0.0468. The van der Waals surface area contributed by atoms with Crippen LogP contribution in [0, 0.1) is 5.41 Å². The predicted octanol–water partition coefficient (Wildman–Crippen LogP) is 1.16. The zero-order valence-electron chi connectivity index (χ0n) is 10.8. The second kappa shape index (κ2) is 7.63. The number of carbonyl (C=O) groups is 1. The van der Waals surface area contributed by atoms with E-state index in [-0.39, 0.29) is 24.3 Å². The van der Waals surface area contributed by atoms with Crippen LogP contribution in [0.3, 0.4) is 0 Å². The fourth-order valence-corrected chi connectivity index (χ4v) is 2.01. The Morgan fingerprint density at radius 1 is 1.56 bits per heavy atom. The average Bonchev–Trinajstić information content (AvgIpc) is 2.33. The first-order valence-corrected chi connectivity index (χ1v) is 6.35. The van der Waals surface area contributed by atoms with E-state index in [2.05, 4.69) is 22.3 Å². The summed E-state index contributed by atoms with van der Waals surface area (Å²) < 4.78 is 28.2. The van der Waals surface area contributed by atoms with Crippen molar-refractivity contribution in [1.82, 2.24) is 10.6 Å². The number of amides is 1. The number of alkyl halides is 2. The van der Waals surface area contributed by atoms with E-state index >= 15 is 0 Å². The van der Waals surface area contributed by atoms with Crippen LogP contribution < -0.4 is 10.6 Å². The van der Waals surface area contributed by atoms with Crippen molar-refractivity contribution in [2.24, 2.45) is 5.41 Å². The van der Waals surface area contributed by atoms with Crippen LogP contribution in [0.15, 0.2) is 0 Å². The van der Waals surface area contributed by atoms with Crippen molar-refractivity contribution < 1.29 is 18.3 Å². The first-order valence-electron chi connectivity index (χ1n) is 6.35. The van der Waals surface area contributed by atoms with Gasteiger partial charge in [-0.2, -0.15) is 0 Å². The Labute approximate surface area is 106 Å². The molecule has 1 saturated heterocycles. The monoisotopic (exact) mass is 264 g/mol. The molecule has 6 heteroatoms. The van der Waals surface area contributed by atoms with Gasteiger partial charge in [0.05, 0.1) is 6.61 Å². The molecule has 1 rings (SSSR count). The Balaban J connectivity index is 2.09. The van der Waals surface area contributed by atoms with E-state index in [1.165, 1.54) is 0 Å². The fraction of sp³-hybridized carbons (Fsp3) is 0.917. The van der Waals surface area contributed by atoms with Crippen molar-refractivity contribution in [3.63, 3.8) is 0 Å². The molecule has 0 aromatic carbocycles. The van der Waals surface area contributed by atoms with Crippen LogP contribution in [-0.4, -0.2) is 45.2 Å². The zero-order chi connectivity index (χ0) is 13.4. The van der Waals surface area contributed by atoms with Crippen molar-refractivity contribution in [1.29, 1.82) is 0 Å². The highest BCUT2D eigenvalue weighted by atomic mass is 19.3. The van der Waals surface area contributed by atoms with E-state index in [4.69, 9.17) is 0 Å². The zero-order valence-corrected chi connectivity index (χ0v) is 10.8. The molecule has 106 valence electrons. The van der Waals surface area contributed by atoms with E-state index in [0.717, 1.165) is 25.9 Å². The summed E-state index contributed by atoms with van der Waals surface area (Å²) >= 11 is 0. The third-order valence-corrected chi connectivity index (χ3v) is 3.12. The van der Waals surface area contributed by atoms with Gasteiger partial charge in [-0.15, -0.1) is 0 Å². The highest BCUT2D eigenvalue weighted by Crippen LogP contribution is 2.24. The van der Waals surface area contributed by atoms with Gasteiger partial charge in [-0.3, -0.25) is 4.79 Å². The fourth-order valence-electron chi connectivity index (χ4n) is 2.01. The third-order valence-electron chi connectivity index (χ3n) is 3.12. The Morgan fingerprint density at radius 3 is 2.94 bits per heavy atom. The van der Waals surface area contributed by atoms with Crippen LogP contribution in [0.25, 0.3) is 0 Å². The van der Waals surface area contributed by atoms with Crippen molar-refractivity contribution in [2.75, 3.05) is 32.8 Å². The number of piperidine rings is 1. The van der Waals surface area contributed by atoms with Crippen molar-refractivity contribution in [2.45, 2.75) is 32.6 Å². The summed E-state index contributed by atoms with van der Waals surface area (Å²) in [5.74, 6) is -0.143. The standard InChI is InChI=1S/C12H22F2N2O2/c1-12(4-2-5-15-8-12)9-16-11(17)3-6-18-7-10(13)14/h10,15H,2-9H2,1H3,(H,16,17). The highest BCUT2D eigenvalue weighted by molar-refractivity contribution is 5.75. The maximum absolute atomic E-state index is 11.8. The molecule has 1 aliphatic heterocycles. The minimum Gasteiger partial charge on any atom is -0.375 e. The molecule has 1 unspecified atom stereocenters. The number of nitrogens with one attached hydrogen (secondary N) is 2. The first kappa shape index (κ1) is 15.3. The number of hydrogen-bond donors (Lipinski definition) is 2. The number of carbonyl (C=O) groups excluding carboxylic acids is 1. The molecule has 1 aliphatic rings. The Bertz CT molecular complexity index is 256. The molecule has 1 heterocycles. The molecule has 1 fully saturated rings. The second-order valence-corrected chi connectivity index (χ2v) is 5.08. The van der Waals surface area contributed by atoms with Crippen LogP contribution in [0.4, 0.5) is 8.78 Å². The molecule has 1 atom stereocenters. The van der Waals surface area contributed by atoms with E-state index in [9.17, 15) is 13.6 Å². The van der Waals surface area contributed by atoms with Crippen molar-refractivity contribution >= 4 is 5.91 Å². The molecule has 0 bridgehead atoms. The third kappa shape index (κ3) is 6.26. The lowest BCUT2D eigenvalue weighted by Crippen LogP contribution is -2.45. The van der Waals surface area contributed by atoms with Gasteiger partial charge in [0.15, 0.2) is 0 Å². The Kier molecular flexibility index (Phi) is 6.49. The van der Waals surface area contributed by atoms with Gasteiger partial charge in [0, 0.05) is 19.5 Å². The molecule has 2 N–H and O–H groups in total. The molecular weight excluding hydrogens is 242 g/mol. The molecule has 0 aliphatic carbocycles. The summed E-state index contributed by atoms with van der Waals surface area (Å²) in [7, 11) is 0. The second-order valence-electron chi connectivity index (χ2n) is 5.08. The number of halogens is 2. The Hall–Kier alpha value is -0.750. The van der Waals surface area contributed by atoms with Gasteiger partial charge in [-0.25, -0.2) is 8.78 Å². The average molecular weight is 264 g/mol. The van der Waals surface area contributed by atoms with Crippen LogP contribution in [0.5, 0.6) is 0 Å². The van der Waals surface area contributed by atoms with E-state index in [0.29, 0.717) is 6.54 Å². The molecule has 1 amide bonds. The topological polar surface area (TPSA) is 50.4 Å². The van der Waals surface area contributed by atoms with E-state index in [1.54, 1.807) is 0 Å². The molecule has 0 saturated carbocycles. The molecule has 18 heavy (non-hydrogen) atoms. The molecule has 0 spiro atoms. The predicted molar refractivity (Wildman–Crippen MR) is 64.7 cm³/mol. The smallest absolute Gasteiger partial charge is 0.261 e. The summed E-state index contributed by atoms with van der Waals surface area (Å²) in [4.78, 5) is 11.5. The van der Waals surface area contributed by atoms with Gasteiger partial charge in [0.1, 0.15) is 6.61 Å². The van der Waals surface area contributed by atoms with Gasteiger partial charge in [-0.1, -0.05) is 6.92 Å². The van der Waals surface area contributed by atoms with Gasteiger partial charge >= 0.3 is 0 Å². The highest BCUT2D eigenvalue weighted by Gasteiger charge is 2.26. The van der Waals surface area contributed by atoms with Crippen molar-refractivity contribution in [3.05, 3.63) is 0 Å². The normalized spacial score (nSPS) is 24.2. The lowest BCUT2D eigenvalue weighted by molar-refractivity contribution is -0.123. The minimum atomic E-state index is -2.47. The van der Waals surface area contributed by atoms with Gasteiger partial charge in [0.2, 0.25) is 5.91 Å². The van der Waals surface area contributed by atoms with Gasteiger partial charge < -0.3 is 15.4 Å². The lowest BCUT2D eigenvalue weighted by Gasteiger charge is -2.34. The molecular formula is C12H22F2N2O2. The van der Waals surface area contributed by atoms with E-state index in [1.807, 2.05) is 0 Å². The SMILES string of the molecule is CC1(CNC(=O)CCOCC(F)F)CCCNC1. The summed E-state index contributed by atoms with van der Waals surface area (Å²) in [5, 5.41) is 6.14. The van der Waals surface area contributed by atoms with Crippen molar-refractivity contribution in [3.8, 4) is 0 Å². The number of hydrogen-bond acceptors (Lipinski definition) is 3. The van der Waals surface area contributed by atoms with Crippen LogP contribution >= 0.6 is 0 Å². The van der Waals surface area contributed by atoms with E-state index < -0.39 is 13.0 Å². The Morgan fingerprint density at radius 2 is 2.33 bits per heavy atom. The van der Waals surface area contributed by atoms with Crippen LogP contribution in [0.2, 0.25) is 0 Å². The van der Waals surface area contributed by atoms with Gasteiger partial charge in [-0.05, 0) is 24.8 Å². The number of ether oxygens (including phenoxy) is 1. The summed E-state index contributed by atoms with van der Waals surface area (Å²) in [5.41, 5.74) is 0.0950. The molecule has 0 aromatic heterocycles. The van der Waals surface area contributed by atoms with Crippen LogP contribution in [-0.2, 0) is 9.53 Å². The maximum Gasteiger partial charge on any atom is 0.261 e. The largest absolute Gasteiger partial charge is 0.375 e. The van der Waals surface area contributed by atoms with Gasteiger partial charge in [0.25, 0.3) is 6.43 Å². The molecule has 4 nitrogen and oxygen atoms in total. The summed E-state index contributed by atoms with van der Waals surface area (Å²) in [6.07, 6.45) is -0.136. The molecule has 0 aromatic rings. The summed E-state index contributed by atoms with van der Waals surface area (Å²) in [6.45, 7) is 4.13. The quantitative estimate of drug-likeness (QED) is 0.679. The molecule has 0 radical (unpaired) electrons. The first-order chi connectivity index (χ1) is 8.52. The summed E-state index contributed by atoms with van der Waals surface area (Å²) in [6, 6.07) is 0. The number of rotatable bonds is 7. The van der Waals surface area contributed by atoms with Crippen LogP contribution in [0.1, 0.15) is 26.2 Å². The maximum atomic E-state index is 11.8.